The first-order valence-electron chi connectivity index (χ1n) is 7.24. The summed E-state index contributed by atoms with van der Waals surface area (Å²) in [4.78, 5) is 7.03. The van der Waals surface area contributed by atoms with E-state index in [0.717, 1.165) is 37.4 Å². The van der Waals surface area contributed by atoms with Crippen LogP contribution in [0.15, 0.2) is 18.3 Å². The minimum absolute atomic E-state index is 0.772. The molecule has 1 aliphatic heterocycles. The van der Waals surface area contributed by atoms with Gasteiger partial charge < -0.3 is 10.2 Å². The molecule has 0 aromatic carbocycles. The van der Waals surface area contributed by atoms with E-state index in [2.05, 4.69) is 34.3 Å². The molecule has 0 spiro atoms. The Hall–Kier alpha value is -1.09. The summed E-state index contributed by atoms with van der Waals surface area (Å²) in [5.41, 5.74) is 1.30. The number of aromatic nitrogens is 1. The molecule has 3 nitrogen and oxygen atoms in total. The quantitative estimate of drug-likeness (QED) is 0.883. The molecule has 0 unspecified atom stereocenters. The Kier molecular flexibility index (Phi) is 3.50. The molecule has 1 saturated carbocycles. The predicted octanol–water partition coefficient (Wildman–Crippen LogP) is 2.57. The van der Waals surface area contributed by atoms with E-state index in [1.807, 2.05) is 6.20 Å². The number of nitrogens with one attached hydrogen (secondary N) is 1. The van der Waals surface area contributed by atoms with Crippen molar-refractivity contribution in [1.82, 2.24) is 10.3 Å². The van der Waals surface area contributed by atoms with Crippen LogP contribution < -0.4 is 10.2 Å². The summed E-state index contributed by atoms with van der Waals surface area (Å²) in [5.74, 6) is 2.03. The van der Waals surface area contributed by atoms with Gasteiger partial charge in [-0.05, 0) is 43.2 Å². The van der Waals surface area contributed by atoms with E-state index in [1.54, 1.807) is 0 Å². The number of hydrogen-bond donors (Lipinski definition) is 1. The van der Waals surface area contributed by atoms with Crippen molar-refractivity contribution in [3.8, 4) is 0 Å². The Morgan fingerprint density at radius 3 is 2.61 bits per heavy atom. The number of anilines is 1. The molecule has 0 bridgehead atoms. The molecule has 3 heteroatoms. The minimum atomic E-state index is 0.772. The largest absolute Gasteiger partial charge is 0.357 e. The van der Waals surface area contributed by atoms with E-state index >= 15 is 0 Å². The van der Waals surface area contributed by atoms with Gasteiger partial charge in [0.25, 0.3) is 0 Å². The molecule has 1 aliphatic carbocycles. The van der Waals surface area contributed by atoms with Crippen LogP contribution in [0, 0.1) is 5.92 Å². The van der Waals surface area contributed by atoms with Gasteiger partial charge in [0, 0.05) is 31.9 Å². The van der Waals surface area contributed by atoms with Gasteiger partial charge in [-0.1, -0.05) is 13.0 Å². The molecular weight excluding hydrogens is 222 g/mol. The van der Waals surface area contributed by atoms with Gasteiger partial charge in [-0.15, -0.1) is 0 Å². The van der Waals surface area contributed by atoms with Gasteiger partial charge in [-0.25, -0.2) is 4.98 Å². The first-order chi connectivity index (χ1) is 8.81. The zero-order chi connectivity index (χ0) is 12.4. The van der Waals surface area contributed by atoms with E-state index in [0.29, 0.717) is 0 Å². The van der Waals surface area contributed by atoms with Gasteiger partial charge >= 0.3 is 0 Å². The van der Waals surface area contributed by atoms with Crippen molar-refractivity contribution in [3.05, 3.63) is 23.9 Å². The molecule has 0 atom stereocenters. The van der Waals surface area contributed by atoms with E-state index in [-0.39, 0.29) is 0 Å². The van der Waals surface area contributed by atoms with Crippen LogP contribution in [0.25, 0.3) is 0 Å². The summed E-state index contributed by atoms with van der Waals surface area (Å²) < 4.78 is 0. The summed E-state index contributed by atoms with van der Waals surface area (Å²) in [5, 5.41) is 3.52. The van der Waals surface area contributed by atoms with Gasteiger partial charge in [0.2, 0.25) is 0 Å². The zero-order valence-corrected chi connectivity index (χ0v) is 11.2. The van der Waals surface area contributed by atoms with E-state index < -0.39 is 0 Å². The second-order valence-electron chi connectivity index (χ2n) is 5.85. The molecule has 98 valence electrons. The summed E-state index contributed by atoms with van der Waals surface area (Å²) in [6.45, 7) is 5.63. The average molecular weight is 245 g/mol. The van der Waals surface area contributed by atoms with Crippen molar-refractivity contribution >= 4 is 5.82 Å². The monoisotopic (exact) mass is 245 g/mol. The van der Waals surface area contributed by atoms with Crippen molar-refractivity contribution in [2.45, 2.75) is 45.2 Å². The zero-order valence-electron chi connectivity index (χ0n) is 11.2. The van der Waals surface area contributed by atoms with Crippen molar-refractivity contribution < 1.29 is 0 Å². The van der Waals surface area contributed by atoms with Crippen molar-refractivity contribution in [1.29, 1.82) is 0 Å². The average Bonchev–Trinajstić information content (AvgIpc) is 3.22. The third-order valence-electron chi connectivity index (χ3n) is 4.09. The smallest absolute Gasteiger partial charge is 0.128 e. The fourth-order valence-electron chi connectivity index (χ4n) is 2.50. The molecule has 2 heterocycles. The van der Waals surface area contributed by atoms with Crippen LogP contribution in [0.2, 0.25) is 0 Å². The lowest BCUT2D eigenvalue weighted by molar-refractivity contribution is 0.436. The van der Waals surface area contributed by atoms with Crippen LogP contribution in [0.1, 0.15) is 38.2 Å². The summed E-state index contributed by atoms with van der Waals surface area (Å²) >= 11 is 0. The van der Waals surface area contributed by atoms with E-state index in [9.17, 15) is 0 Å². The molecule has 3 rings (SSSR count). The first-order valence-corrected chi connectivity index (χ1v) is 7.24. The van der Waals surface area contributed by atoms with Crippen molar-refractivity contribution in [2.24, 2.45) is 5.92 Å². The first kappa shape index (κ1) is 12.0. The Morgan fingerprint density at radius 1 is 1.22 bits per heavy atom. The lowest BCUT2D eigenvalue weighted by Crippen LogP contribution is -2.33. The van der Waals surface area contributed by atoms with Crippen molar-refractivity contribution in [2.75, 3.05) is 18.0 Å². The van der Waals surface area contributed by atoms with Crippen LogP contribution in [0.4, 0.5) is 5.82 Å². The lowest BCUT2D eigenvalue weighted by Gasteiger charge is -2.31. The highest BCUT2D eigenvalue weighted by atomic mass is 15.2. The van der Waals surface area contributed by atoms with Gasteiger partial charge in [-0.2, -0.15) is 0 Å². The topological polar surface area (TPSA) is 28.2 Å². The number of rotatable bonds is 4. The standard InChI is InChI=1S/C15H23N3/c1-12-6-8-18(9-7-12)15-5-2-13(11-17-15)10-16-14-3-4-14/h2,5,11-12,14,16H,3-4,6-10H2,1H3. The molecule has 1 aromatic heterocycles. The van der Waals surface area contributed by atoms with Gasteiger partial charge in [-0.3, -0.25) is 0 Å². The molecule has 0 radical (unpaired) electrons. The lowest BCUT2D eigenvalue weighted by atomic mass is 9.99. The van der Waals surface area contributed by atoms with Gasteiger partial charge in [0.05, 0.1) is 0 Å². The Labute approximate surface area is 110 Å². The summed E-state index contributed by atoms with van der Waals surface area (Å²) in [6.07, 6.45) is 7.32. The highest BCUT2D eigenvalue weighted by Gasteiger charge is 2.20. The summed E-state index contributed by atoms with van der Waals surface area (Å²) in [7, 11) is 0. The molecule has 2 fully saturated rings. The number of nitrogens with zero attached hydrogens (tertiary/aromatic N) is 2. The molecular formula is C15H23N3. The maximum atomic E-state index is 4.61. The third kappa shape index (κ3) is 3.02. The van der Waals surface area contributed by atoms with Crippen molar-refractivity contribution in [3.63, 3.8) is 0 Å². The predicted molar refractivity (Wildman–Crippen MR) is 74.7 cm³/mol. The Balaban J connectivity index is 1.56. The SMILES string of the molecule is CC1CCN(c2ccc(CNC3CC3)cn2)CC1. The highest BCUT2D eigenvalue weighted by molar-refractivity contribution is 5.39. The van der Waals surface area contributed by atoms with Gasteiger partial charge in [0.15, 0.2) is 0 Å². The Morgan fingerprint density at radius 2 is 2.00 bits per heavy atom. The van der Waals surface area contributed by atoms with Crippen LogP contribution in [0.3, 0.4) is 0 Å². The number of hydrogen-bond acceptors (Lipinski definition) is 3. The van der Waals surface area contributed by atoms with Crippen LogP contribution in [-0.4, -0.2) is 24.1 Å². The second-order valence-corrected chi connectivity index (χ2v) is 5.85. The van der Waals surface area contributed by atoms with Gasteiger partial charge in [0.1, 0.15) is 5.82 Å². The molecule has 18 heavy (non-hydrogen) atoms. The molecule has 0 amide bonds. The molecule has 1 aromatic rings. The Bertz CT molecular complexity index is 375. The third-order valence-corrected chi connectivity index (χ3v) is 4.09. The second kappa shape index (κ2) is 5.27. The number of pyridine rings is 1. The maximum absolute atomic E-state index is 4.61. The normalized spacial score (nSPS) is 21.3. The highest BCUT2D eigenvalue weighted by Crippen LogP contribution is 2.22. The molecule has 1 N–H and O–H groups in total. The fraction of sp³-hybridized carbons (Fsp3) is 0.667. The molecule has 1 saturated heterocycles. The van der Waals surface area contributed by atoms with E-state index in [4.69, 9.17) is 0 Å². The van der Waals surface area contributed by atoms with Crippen LogP contribution in [-0.2, 0) is 6.54 Å². The van der Waals surface area contributed by atoms with Crippen LogP contribution in [0.5, 0.6) is 0 Å². The maximum Gasteiger partial charge on any atom is 0.128 e. The number of piperidine rings is 1. The van der Waals surface area contributed by atoms with Crippen LogP contribution >= 0.6 is 0 Å². The van der Waals surface area contributed by atoms with E-state index in [1.165, 1.54) is 31.2 Å². The fourth-order valence-corrected chi connectivity index (χ4v) is 2.50. The summed E-state index contributed by atoms with van der Waals surface area (Å²) in [6, 6.07) is 5.17. The molecule has 2 aliphatic rings. The minimum Gasteiger partial charge on any atom is -0.357 e.